The minimum atomic E-state index is -0.849. The van der Waals surface area contributed by atoms with Gasteiger partial charge in [0.25, 0.3) is 11.1 Å². The van der Waals surface area contributed by atoms with Crippen molar-refractivity contribution in [2.75, 3.05) is 39.8 Å². The first-order valence-corrected chi connectivity index (χ1v) is 13.0. The standard InChI is InChI=1S/C29H27F2N3O5S/c1-6-33(19-10-17(30)9-18(31)11-19)28(36)25-16-34(20-12-21(38-4)14-22(13-20)39-5)26-15-23(40-29(37)32(2)3)7-8-24(26)27(25)35/h7-16H,6H2,1-5H3. The zero-order chi connectivity index (χ0) is 29.1. The summed E-state index contributed by atoms with van der Waals surface area (Å²) < 4.78 is 40.4. The number of amides is 2. The van der Waals surface area contributed by atoms with E-state index in [2.05, 4.69) is 0 Å². The number of hydrogen-bond donors (Lipinski definition) is 0. The van der Waals surface area contributed by atoms with E-state index in [9.17, 15) is 23.2 Å². The van der Waals surface area contributed by atoms with E-state index in [0.717, 1.165) is 28.8 Å². The minimum absolute atomic E-state index is 0.0203. The van der Waals surface area contributed by atoms with Crippen molar-refractivity contribution in [1.82, 2.24) is 9.47 Å². The first kappa shape index (κ1) is 28.6. The van der Waals surface area contributed by atoms with E-state index < -0.39 is 23.0 Å². The van der Waals surface area contributed by atoms with Crippen LogP contribution in [0, 0.1) is 11.6 Å². The summed E-state index contributed by atoms with van der Waals surface area (Å²) in [5, 5.41) is -0.000211. The van der Waals surface area contributed by atoms with Crippen molar-refractivity contribution in [2.45, 2.75) is 11.8 Å². The summed E-state index contributed by atoms with van der Waals surface area (Å²) in [4.78, 5) is 42.9. The summed E-state index contributed by atoms with van der Waals surface area (Å²) in [5.74, 6) is -1.50. The molecule has 1 heterocycles. The number of anilines is 1. The van der Waals surface area contributed by atoms with Gasteiger partial charge in [0, 0.05) is 67.1 Å². The van der Waals surface area contributed by atoms with E-state index in [1.807, 2.05) is 0 Å². The summed E-state index contributed by atoms with van der Waals surface area (Å²) in [6.07, 6.45) is 1.38. The fourth-order valence-corrected chi connectivity index (χ4v) is 4.83. The number of nitrogens with zero attached hydrogens (tertiary/aromatic N) is 3. The largest absolute Gasteiger partial charge is 0.497 e. The zero-order valence-electron chi connectivity index (χ0n) is 22.5. The SMILES string of the molecule is CCN(C(=O)c1cn(-c2cc(OC)cc(OC)c2)c2cc(SC(=O)N(C)C)ccc2c1=O)c1cc(F)cc(F)c1. The highest BCUT2D eigenvalue weighted by Crippen LogP contribution is 2.30. The number of fused-ring (bicyclic) bond motifs is 1. The lowest BCUT2D eigenvalue weighted by molar-refractivity contribution is 0.0987. The molecule has 0 aliphatic carbocycles. The topological polar surface area (TPSA) is 81.1 Å². The lowest BCUT2D eigenvalue weighted by Crippen LogP contribution is -2.35. The highest BCUT2D eigenvalue weighted by atomic mass is 32.2. The Morgan fingerprint density at radius 1 is 0.925 bits per heavy atom. The van der Waals surface area contributed by atoms with Crippen LogP contribution < -0.4 is 19.8 Å². The van der Waals surface area contributed by atoms with Gasteiger partial charge in [0.2, 0.25) is 5.43 Å². The third-order valence-electron chi connectivity index (χ3n) is 6.11. The molecule has 0 saturated heterocycles. The summed E-state index contributed by atoms with van der Waals surface area (Å²) >= 11 is 0.987. The Balaban J connectivity index is 1.98. The van der Waals surface area contributed by atoms with Crippen molar-refractivity contribution in [2.24, 2.45) is 0 Å². The molecule has 0 saturated carbocycles. The molecule has 0 radical (unpaired) electrons. The molecular weight excluding hydrogens is 540 g/mol. The van der Waals surface area contributed by atoms with Gasteiger partial charge in [-0.1, -0.05) is 0 Å². The molecule has 4 aromatic rings. The fourth-order valence-electron chi connectivity index (χ4n) is 4.14. The van der Waals surface area contributed by atoms with E-state index in [1.54, 1.807) is 62.0 Å². The Kier molecular flexibility index (Phi) is 8.43. The second kappa shape index (κ2) is 11.8. The van der Waals surface area contributed by atoms with Crippen LogP contribution in [0.15, 0.2) is 70.5 Å². The van der Waals surface area contributed by atoms with Gasteiger partial charge in [-0.15, -0.1) is 0 Å². The van der Waals surface area contributed by atoms with E-state index in [-0.39, 0.29) is 28.4 Å². The maximum Gasteiger partial charge on any atom is 0.285 e. The Bertz CT molecular complexity index is 1630. The smallest absolute Gasteiger partial charge is 0.285 e. The lowest BCUT2D eigenvalue weighted by atomic mass is 10.1. The predicted octanol–water partition coefficient (Wildman–Crippen LogP) is 5.73. The second-order valence-corrected chi connectivity index (χ2v) is 9.96. The lowest BCUT2D eigenvalue weighted by Gasteiger charge is -2.22. The molecule has 11 heteroatoms. The van der Waals surface area contributed by atoms with Gasteiger partial charge < -0.3 is 23.8 Å². The van der Waals surface area contributed by atoms with E-state index >= 15 is 0 Å². The number of carbonyl (C=O) groups is 2. The molecule has 3 aromatic carbocycles. The summed E-state index contributed by atoms with van der Waals surface area (Å²) in [7, 11) is 6.26. The monoisotopic (exact) mass is 567 g/mol. The molecule has 0 fully saturated rings. The van der Waals surface area contributed by atoms with Crippen LogP contribution in [0.2, 0.25) is 0 Å². The van der Waals surface area contributed by atoms with Crippen molar-refractivity contribution in [3.63, 3.8) is 0 Å². The number of aromatic nitrogens is 1. The number of ether oxygens (including phenoxy) is 2. The van der Waals surface area contributed by atoms with Crippen LogP contribution in [0.25, 0.3) is 16.6 Å². The molecule has 8 nitrogen and oxygen atoms in total. The molecule has 1 aromatic heterocycles. The quantitative estimate of drug-likeness (QED) is 0.266. The third kappa shape index (κ3) is 5.79. The number of carbonyl (C=O) groups excluding carboxylic acids is 2. The normalized spacial score (nSPS) is 10.9. The predicted molar refractivity (Wildman–Crippen MR) is 151 cm³/mol. The number of halogens is 2. The highest BCUT2D eigenvalue weighted by molar-refractivity contribution is 8.13. The highest BCUT2D eigenvalue weighted by Gasteiger charge is 2.24. The van der Waals surface area contributed by atoms with Gasteiger partial charge in [0.1, 0.15) is 28.7 Å². The summed E-state index contributed by atoms with van der Waals surface area (Å²) in [5.41, 5.74) is 0.125. The number of benzene rings is 3. The molecule has 0 atom stereocenters. The molecule has 0 aliphatic rings. The van der Waals surface area contributed by atoms with Crippen molar-refractivity contribution >= 4 is 39.5 Å². The van der Waals surface area contributed by atoms with Crippen LogP contribution in [0.1, 0.15) is 17.3 Å². The van der Waals surface area contributed by atoms with Crippen LogP contribution in [0.4, 0.5) is 19.3 Å². The van der Waals surface area contributed by atoms with Crippen molar-refractivity contribution in [3.05, 3.63) is 88.2 Å². The molecule has 0 unspecified atom stereocenters. The number of pyridine rings is 1. The average molecular weight is 568 g/mol. The van der Waals surface area contributed by atoms with Crippen LogP contribution in [-0.4, -0.2) is 55.5 Å². The molecule has 40 heavy (non-hydrogen) atoms. The first-order valence-electron chi connectivity index (χ1n) is 12.2. The zero-order valence-corrected chi connectivity index (χ0v) is 23.3. The Hall–Kier alpha value is -4.38. The molecule has 2 amide bonds. The van der Waals surface area contributed by atoms with Crippen LogP contribution in [-0.2, 0) is 0 Å². The van der Waals surface area contributed by atoms with Gasteiger partial charge in [-0.05, 0) is 49.0 Å². The molecule has 208 valence electrons. The fraction of sp³-hybridized carbons (Fsp3) is 0.207. The van der Waals surface area contributed by atoms with E-state index in [1.165, 1.54) is 25.3 Å². The molecular formula is C29H27F2N3O5S. The van der Waals surface area contributed by atoms with E-state index in [4.69, 9.17) is 9.47 Å². The molecule has 0 N–H and O–H groups in total. The minimum Gasteiger partial charge on any atom is -0.497 e. The Morgan fingerprint density at radius 2 is 1.55 bits per heavy atom. The molecule has 4 rings (SSSR count). The third-order valence-corrected chi connectivity index (χ3v) is 7.14. The first-order chi connectivity index (χ1) is 19.1. The maximum absolute atomic E-state index is 14.0. The molecule has 0 bridgehead atoms. The number of rotatable bonds is 7. The molecule has 0 spiro atoms. The van der Waals surface area contributed by atoms with Crippen LogP contribution in [0.3, 0.4) is 0 Å². The van der Waals surface area contributed by atoms with Crippen LogP contribution >= 0.6 is 11.8 Å². The van der Waals surface area contributed by atoms with Gasteiger partial charge in [-0.3, -0.25) is 14.4 Å². The van der Waals surface area contributed by atoms with Gasteiger partial charge in [0.05, 0.1) is 25.4 Å². The Labute approximate surface area is 233 Å². The van der Waals surface area contributed by atoms with Gasteiger partial charge in [-0.2, -0.15) is 0 Å². The van der Waals surface area contributed by atoms with Crippen molar-refractivity contribution in [3.8, 4) is 17.2 Å². The molecule has 0 aliphatic heterocycles. The summed E-state index contributed by atoms with van der Waals surface area (Å²) in [6, 6.07) is 12.7. The number of hydrogen-bond acceptors (Lipinski definition) is 6. The van der Waals surface area contributed by atoms with Crippen molar-refractivity contribution < 1.29 is 27.8 Å². The van der Waals surface area contributed by atoms with Gasteiger partial charge >= 0.3 is 0 Å². The van der Waals surface area contributed by atoms with Crippen molar-refractivity contribution in [1.29, 1.82) is 0 Å². The maximum atomic E-state index is 14.0. The number of thioether (sulfide) groups is 1. The number of methoxy groups -OCH3 is 2. The Morgan fingerprint density at radius 3 is 2.10 bits per heavy atom. The van der Waals surface area contributed by atoms with E-state index in [0.29, 0.717) is 33.7 Å². The average Bonchev–Trinajstić information content (AvgIpc) is 2.92. The van der Waals surface area contributed by atoms with Gasteiger partial charge in [-0.25, -0.2) is 8.78 Å². The second-order valence-electron chi connectivity index (χ2n) is 8.93. The summed E-state index contributed by atoms with van der Waals surface area (Å²) in [6.45, 7) is 1.69. The van der Waals surface area contributed by atoms with Gasteiger partial charge in [0.15, 0.2) is 0 Å². The van der Waals surface area contributed by atoms with Crippen LogP contribution in [0.5, 0.6) is 11.5 Å².